The van der Waals surface area contributed by atoms with Crippen molar-refractivity contribution in [2.24, 2.45) is 0 Å². The van der Waals surface area contributed by atoms with Gasteiger partial charge in [-0.15, -0.1) is 0 Å². The van der Waals surface area contributed by atoms with E-state index in [1.54, 1.807) is 37.3 Å². The van der Waals surface area contributed by atoms with Crippen molar-refractivity contribution in [3.8, 4) is 0 Å². The van der Waals surface area contributed by atoms with Crippen molar-refractivity contribution in [2.45, 2.75) is 0 Å². The number of furan rings is 1. The predicted molar refractivity (Wildman–Crippen MR) is 75.7 cm³/mol. The average Bonchev–Trinajstić information content (AvgIpc) is 2.86. The van der Waals surface area contributed by atoms with Gasteiger partial charge in [0, 0.05) is 0 Å². The second-order valence-electron chi connectivity index (χ2n) is 3.84. The first-order valence-corrected chi connectivity index (χ1v) is 6.39. The summed E-state index contributed by atoms with van der Waals surface area (Å²) in [5.41, 5.74) is 2.11. The van der Waals surface area contributed by atoms with Crippen LogP contribution >= 0.6 is 27.5 Å². The van der Waals surface area contributed by atoms with Gasteiger partial charge in [-0.2, -0.15) is 0 Å². The predicted octanol–water partition coefficient (Wildman–Crippen LogP) is 3.53. The van der Waals surface area contributed by atoms with Gasteiger partial charge in [-0.3, -0.25) is 0 Å². The summed E-state index contributed by atoms with van der Waals surface area (Å²) in [5, 5.41) is 2.78. The van der Waals surface area contributed by atoms with Gasteiger partial charge in [0.25, 0.3) is 0 Å². The molecule has 0 saturated heterocycles. The fourth-order valence-corrected chi connectivity index (χ4v) is 2.34. The van der Waals surface area contributed by atoms with Gasteiger partial charge in [0.1, 0.15) is 0 Å². The maximum atomic E-state index is 11.9. The zero-order chi connectivity index (χ0) is 12.7. The number of nitrogens with one attached hydrogen (secondary N) is 1. The van der Waals surface area contributed by atoms with Crippen molar-refractivity contribution in [1.29, 1.82) is 0 Å². The summed E-state index contributed by atoms with van der Waals surface area (Å²) in [5.74, 6) is 0.458. The third kappa shape index (κ3) is 2.04. The molecule has 0 atom stereocenters. The van der Waals surface area contributed by atoms with Gasteiger partial charge in [0.05, 0.1) is 0 Å². The Morgan fingerprint density at radius 3 is 2.89 bits per heavy atom. The Balaban J connectivity index is 2.11. The molecule has 18 heavy (non-hydrogen) atoms. The summed E-state index contributed by atoms with van der Waals surface area (Å²) >= 11 is 9.17. The van der Waals surface area contributed by atoms with Gasteiger partial charge in [0.2, 0.25) is 0 Å². The molecule has 1 aliphatic heterocycles. The van der Waals surface area contributed by atoms with Crippen LogP contribution in [0.15, 0.2) is 33.4 Å². The van der Waals surface area contributed by atoms with Crippen LogP contribution in [0.5, 0.6) is 0 Å². The summed E-state index contributed by atoms with van der Waals surface area (Å²) in [7, 11) is 0. The van der Waals surface area contributed by atoms with Crippen LogP contribution in [0, 0.1) is 0 Å². The van der Waals surface area contributed by atoms with Crippen molar-refractivity contribution in [1.82, 2.24) is 0 Å². The first kappa shape index (κ1) is 11.7. The number of anilines is 1. The Morgan fingerprint density at radius 1 is 1.33 bits per heavy atom. The molecule has 3 rings (SSSR count). The van der Waals surface area contributed by atoms with E-state index in [0.717, 1.165) is 11.1 Å². The van der Waals surface area contributed by atoms with Crippen LogP contribution in [-0.4, -0.2) is 12.8 Å². The minimum absolute atomic E-state index is 0.153. The van der Waals surface area contributed by atoms with Gasteiger partial charge in [-0.1, -0.05) is 0 Å². The summed E-state index contributed by atoms with van der Waals surface area (Å²) in [4.78, 5) is 12.5. The van der Waals surface area contributed by atoms with Gasteiger partial charge in [0.15, 0.2) is 0 Å². The summed E-state index contributed by atoms with van der Waals surface area (Å²) < 4.78 is 5.99. The molecule has 1 N–H and O–H groups in total. The zero-order valence-corrected chi connectivity index (χ0v) is 11.4. The van der Waals surface area contributed by atoms with Crippen LogP contribution in [0.1, 0.15) is 11.2 Å². The second kappa shape index (κ2) is 4.41. The SMILES string of the molecule is O=C1Nc2ccc(Cl)bc2/C1=C/c1ccc(Br)o1. The minimum atomic E-state index is -0.153. The summed E-state index contributed by atoms with van der Waals surface area (Å²) in [6.45, 7) is 1.76. The van der Waals surface area contributed by atoms with Crippen LogP contribution in [0.3, 0.4) is 0 Å². The third-order valence-electron chi connectivity index (χ3n) is 2.65. The molecular weight excluding hydrogens is 316 g/mol. The number of hydrogen-bond donors (Lipinski definition) is 1. The summed E-state index contributed by atoms with van der Waals surface area (Å²) in [6, 6.07) is 7.09. The summed E-state index contributed by atoms with van der Waals surface area (Å²) in [6.07, 6.45) is 1.70. The van der Waals surface area contributed by atoms with E-state index >= 15 is 0 Å². The third-order valence-corrected chi connectivity index (χ3v) is 3.31. The molecule has 0 aliphatic carbocycles. The van der Waals surface area contributed by atoms with E-state index in [4.69, 9.17) is 16.0 Å². The fourth-order valence-electron chi connectivity index (χ4n) is 1.85. The molecule has 0 bridgehead atoms. The molecule has 88 valence electrons. The molecule has 1 amide bonds. The number of carbonyl (C=O) groups excluding carboxylic acids is 1. The maximum absolute atomic E-state index is 11.9. The average molecular weight is 322 g/mol. The number of amides is 1. The van der Waals surface area contributed by atoms with E-state index in [2.05, 4.69) is 21.2 Å². The molecule has 0 unspecified atom stereocenters. The zero-order valence-electron chi connectivity index (χ0n) is 9.04. The second-order valence-corrected chi connectivity index (χ2v) is 5.06. The van der Waals surface area contributed by atoms with E-state index in [1.807, 2.05) is 0 Å². The Morgan fingerprint density at radius 2 is 2.17 bits per heavy atom. The van der Waals surface area contributed by atoms with Gasteiger partial charge < -0.3 is 0 Å². The normalized spacial score (nSPS) is 15.7. The van der Waals surface area contributed by atoms with Crippen LogP contribution < -0.4 is 5.32 Å². The molecule has 3 nitrogen and oxygen atoms in total. The first-order valence-electron chi connectivity index (χ1n) is 5.22. The molecule has 3 heterocycles. The van der Waals surface area contributed by atoms with Gasteiger partial charge >= 0.3 is 117 Å². The molecule has 0 spiro atoms. The molecule has 0 radical (unpaired) electrons. The van der Waals surface area contributed by atoms with Crippen LogP contribution in [0.25, 0.3) is 11.6 Å². The monoisotopic (exact) mass is 321 g/mol. The van der Waals surface area contributed by atoms with E-state index < -0.39 is 0 Å². The Labute approximate surface area is 117 Å². The molecule has 0 saturated carbocycles. The van der Waals surface area contributed by atoms with Crippen molar-refractivity contribution < 1.29 is 9.21 Å². The standard InChI is InChI=1S/C12H6BBrClNO2/c14-10-4-1-6(18-10)5-7-11-8(16-12(7)17)2-3-9(15)13-11/h1-5H,(H,16,17)/b7-5-. The molecule has 2 aromatic rings. The van der Waals surface area contributed by atoms with Crippen LogP contribution in [-0.2, 0) is 4.79 Å². The number of halogens is 2. The molecule has 2 aromatic heterocycles. The topological polar surface area (TPSA) is 42.2 Å². The van der Waals surface area contributed by atoms with Crippen LogP contribution in [0.2, 0.25) is 4.92 Å². The van der Waals surface area contributed by atoms with Gasteiger partial charge in [-0.05, 0) is 0 Å². The van der Waals surface area contributed by atoms with Crippen molar-refractivity contribution >= 4 is 57.7 Å². The fraction of sp³-hybridized carbons (Fsp3) is 0. The molecule has 1 aliphatic rings. The number of rotatable bonds is 1. The van der Waals surface area contributed by atoms with Crippen LogP contribution in [0.4, 0.5) is 5.69 Å². The van der Waals surface area contributed by atoms with Gasteiger partial charge in [-0.25, -0.2) is 0 Å². The number of hydrogen-bond acceptors (Lipinski definition) is 2. The van der Waals surface area contributed by atoms with Crippen molar-refractivity contribution in [3.63, 3.8) is 0 Å². The van der Waals surface area contributed by atoms with E-state index in [1.165, 1.54) is 0 Å². The number of fused-ring (bicyclic) bond motifs is 1. The van der Waals surface area contributed by atoms with Crippen molar-refractivity contribution in [3.05, 3.63) is 45.1 Å². The Bertz CT molecular complexity index is 680. The molecule has 0 fully saturated rings. The Hall–Kier alpha value is -1.33. The molecule has 0 aromatic carbocycles. The number of carbonyl (C=O) groups is 1. The Kier molecular flexibility index (Phi) is 2.88. The van der Waals surface area contributed by atoms with E-state index in [9.17, 15) is 4.79 Å². The van der Waals surface area contributed by atoms with Crippen molar-refractivity contribution in [2.75, 3.05) is 5.32 Å². The van der Waals surface area contributed by atoms with E-state index in [0.29, 0.717) is 20.9 Å². The first-order chi connectivity index (χ1) is 8.63. The molecular formula is C12H6BBrClNO2. The quantitative estimate of drug-likeness (QED) is 0.816. The van der Waals surface area contributed by atoms with E-state index in [-0.39, 0.29) is 5.91 Å². The molecule has 6 heteroatoms.